The van der Waals surface area contributed by atoms with E-state index in [0.717, 1.165) is 5.69 Å². The summed E-state index contributed by atoms with van der Waals surface area (Å²) in [6.45, 7) is 0. The molecular formula is C58H35N3. The van der Waals surface area contributed by atoms with Gasteiger partial charge in [-0.3, -0.25) is 0 Å². The minimum absolute atomic E-state index is 1.16. The lowest BCUT2D eigenvalue weighted by Crippen LogP contribution is -1.95. The molecule has 14 rings (SSSR count). The first-order valence-electron chi connectivity index (χ1n) is 21.1. The number of para-hydroxylation sites is 4. The number of hydrogen-bond acceptors (Lipinski definition) is 0. The first kappa shape index (κ1) is 32.8. The Kier molecular flexibility index (Phi) is 6.56. The molecule has 0 radical (unpaired) electrons. The van der Waals surface area contributed by atoms with Gasteiger partial charge in [-0.1, -0.05) is 152 Å². The van der Waals surface area contributed by atoms with Gasteiger partial charge in [0.1, 0.15) is 0 Å². The van der Waals surface area contributed by atoms with Gasteiger partial charge < -0.3 is 13.5 Å². The van der Waals surface area contributed by atoms with Crippen LogP contribution in [0.3, 0.4) is 0 Å². The molecule has 0 aliphatic heterocycles. The number of nitrogens with zero attached hydrogens (tertiary/aromatic N) is 3. The molecule has 0 aliphatic carbocycles. The second kappa shape index (κ2) is 12.2. The van der Waals surface area contributed by atoms with E-state index in [2.05, 4.69) is 226 Å². The summed E-state index contributed by atoms with van der Waals surface area (Å²) in [5.41, 5.74) is 15.8. The zero-order valence-corrected chi connectivity index (χ0v) is 33.0. The van der Waals surface area contributed by atoms with Gasteiger partial charge in [0.15, 0.2) is 0 Å². The summed E-state index contributed by atoms with van der Waals surface area (Å²) < 4.78 is 7.34. The van der Waals surface area contributed by atoms with Crippen molar-refractivity contribution in [2.45, 2.75) is 0 Å². The van der Waals surface area contributed by atoms with Gasteiger partial charge in [0.2, 0.25) is 0 Å². The van der Waals surface area contributed by atoms with E-state index in [4.69, 9.17) is 0 Å². The van der Waals surface area contributed by atoms with E-state index in [1.165, 1.54) is 120 Å². The number of hydrogen-bond donors (Lipinski definition) is 0. The van der Waals surface area contributed by atoms with Crippen molar-refractivity contribution >= 4 is 92.5 Å². The van der Waals surface area contributed by atoms with Gasteiger partial charge in [-0.15, -0.1) is 0 Å². The highest BCUT2D eigenvalue weighted by Crippen LogP contribution is 2.42. The predicted molar refractivity (Wildman–Crippen MR) is 258 cm³/mol. The van der Waals surface area contributed by atoms with Gasteiger partial charge in [-0.2, -0.15) is 0 Å². The Morgan fingerprint density at radius 1 is 0.246 bits per heavy atom. The van der Waals surface area contributed by atoms with Crippen LogP contribution in [0, 0.1) is 0 Å². The van der Waals surface area contributed by atoms with E-state index in [-0.39, 0.29) is 0 Å². The Balaban J connectivity index is 0.869. The van der Waals surface area contributed by atoms with Crippen LogP contribution in [0.4, 0.5) is 0 Å². The molecule has 3 nitrogen and oxygen atoms in total. The Bertz CT molecular complexity index is 4100. The molecule has 4 heterocycles. The molecule has 0 spiro atoms. The van der Waals surface area contributed by atoms with Crippen LogP contribution in [0.5, 0.6) is 0 Å². The van der Waals surface area contributed by atoms with Gasteiger partial charge in [0.05, 0.1) is 44.3 Å². The molecule has 0 fully saturated rings. The van der Waals surface area contributed by atoms with Crippen molar-refractivity contribution in [3.8, 4) is 33.6 Å². The highest BCUT2D eigenvalue weighted by molar-refractivity contribution is 6.23. The van der Waals surface area contributed by atoms with Crippen molar-refractivity contribution in [3.63, 3.8) is 0 Å². The molecule has 0 saturated heterocycles. The van der Waals surface area contributed by atoms with Crippen molar-refractivity contribution in [3.05, 3.63) is 212 Å². The van der Waals surface area contributed by atoms with Crippen LogP contribution in [0.2, 0.25) is 0 Å². The molecule has 10 aromatic carbocycles. The third-order valence-electron chi connectivity index (χ3n) is 13.4. The zero-order valence-electron chi connectivity index (χ0n) is 33.0. The molecule has 0 saturated carbocycles. The Morgan fingerprint density at radius 3 is 1.38 bits per heavy atom. The Morgan fingerprint density at radius 2 is 0.705 bits per heavy atom. The van der Waals surface area contributed by atoms with Crippen LogP contribution in [0.25, 0.3) is 126 Å². The summed E-state index contributed by atoms with van der Waals surface area (Å²) in [6.07, 6.45) is 0. The third-order valence-corrected chi connectivity index (χ3v) is 13.4. The monoisotopic (exact) mass is 773 g/mol. The summed E-state index contributed by atoms with van der Waals surface area (Å²) in [5, 5.41) is 12.7. The first-order chi connectivity index (χ1) is 30.3. The largest absolute Gasteiger partial charge is 0.309 e. The maximum absolute atomic E-state index is 2.47. The maximum Gasteiger partial charge on any atom is 0.0620 e. The molecule has 61 heavy (non-hydrogen) atoms. The fraction of sp³-hybridized carbons (Fsp3) is 0. The maximum atomic E-state index is 2.47. The highest BCUT2D eigenvalue weighted by Gasteiger charge is 2.20. The second-order valence-electron chi connectivity index (χ2n) is 16.5. The highest BCUT2D eigenvalue weighted by atomic mass is 15.0. The van der Waals surface area contributed by atoms with Gasteiger partial charge in [-0.25, -0.2) is 0 Å². The van der Waals surface area contributed by atoms with Crippen molar-refractivity contribution < 1.29 is 0 Å². The van der Waals surface area contributed by atoms with Crippen molar-refractivity contribution in [2.24, 2.45) is 0 Å². The lowest BCUT2D eigenvalue weighted by Gasteiger charge is -2.12. The molecule has 4 aromatic heterocycles. The van der Waals surface area contributed by atoms with Crippen molar-refractivity contribution in [1.82, 2.24) is 13.5 Å². The van der Waals surface area contributed by atoms with Crippen LogP contribution < -0.4 is 0 Å². The summed E-state index contributed by atoms with van der Waals surface area (Å²) in [6, 6.07) is 78.4. The second-order valence-corrected chi connectivity index (χ2v) is 16.5. The zero-order chi connectivity index (χ0) is 39.8. The molecule has 14 aromatic rings. The summed E-state index contributed by atoms with van der Waals surface area (Å²) >= 11 is 0. The summed E-state index contributed by atoms with van der Waals surface area (Å²) in [4.78, 5) is 0. The molecule has 0 atom stereocenters. The molecule has 282 valence electrons. The van der Waals surface area contributed by atoms with Gasteiger partial charge in [-0.05, 0) is 88.3 Å². The third kappa shape index (κ3) is 4.52. The molecule has 3 heteroatoms. The lowest BCUT2D eigenvalue weighted by atomic mass is 9.98. The van der Waals surface area contributed by atoms with E-state index in [9.17, 15) is 0 Å². The minimum atomic E-state index is 1.16. The predicted octanol–water partition coefficient (Wildman–Crippen LogP) is 15.5. The molecule has 0 bridgehead atoms. The fourth-order valence-electron chi connectivity index (χ4n) is 10.7. The Hall–Kier alpha value is -8.14. The standard InChI is InChI=1S/C58H35N3/c1-2-13-42-38(11-1)12-9-22-51(42)60-53-20-7-5-16-45(53)50-34-40(28-32-56(50)60)37-25-23-36(24-26-37)39-27-31-55-49(33-39)44-15-4-6-19-52(44)59(55)41-29-30-46-48-18-10-17-47-43-14-3-8-21-54(43)61(58(47)48)57(46)35-41/h1-35H. The van der Waals surface area contributed by atoms with E-state index in [1.807, 2.05) is 0 Å². The van der Waals surface area contributed by atoms with E-state index in [1.54, 1.807) is 0 Å². The average molecular weight is 774 g/mol. The number of fused-ring (bicyclic) bond motifs is 13. The topological polar surface area (TPSA) is 14.3 Å². The number of aromatic nitrogens is 3. The summed E-state index contributed by atoms with van der Waals surface area (Å²) in [5.74, 6) is 0. The summed E-state index contributed by atoms with van der Waals surface area (Å²) in [7, 11) is 0. The van der Waals surface area contributed by atoms with Crippen molar-refractivity contribution in [2.75, 3.05) is 0 Å². The lowest BCUT2D eigenvalue weighted by molar-refractivity contribution is 1.18. The van der Waals surface area contributed by atoms with Crippen LogP contribution in [-0.4, -0.2) is 13.5 Å². The quantitative estimate of drug-likeness (QED) is 0.169. The average Bonchev–Trinajstić information content (AvgIpc) is 4.05. The fourth-order valence-corrected chi connectivity index (χ4v) is 10.7. The van der Waals surface area contributed by atoms with E-state index in [0.29, 0.717) is 0 Å². The smallest absolute Gasteiger partial charge is 0.0620 e. The van der Waals surface area contributed by atoms with Crippen LogP contribution in [0.1, 0.15) is 0 Å². The Labute approximate surface area is 350 Å². The first-order valence-corrected chi connectivity index (χ1v) is 21.1. The number of rotatable bonds is 4. The van der Waals surface area contributed by atoms with E-state index < -0.39 is 0 Å². The minimum Gasteiger partial charge on any atom is -0.309 e. The molecule has 0 aliphatic rings. The van der Waals surface area contributed by atoms with Gasteiger partial charge in [0, 0.05) is 54.2 Å². The van der Waals surface area contributed by atoms with Crippen LogP contribution in [-0.2, 0) is 0 Å². The normalized spacial score (nSPS) is 12.3. The number of benzene rings is 10. The van der Waals surface area contributed by atoms with Gasteiger partial charge in [0.25, 0.3) is 0 Å². The molecular weight excluding hydrogens is 739 g/mol. The van der Waals surface area contributed by atoms with E-state index >= 15 is 0 Å². The van der Waals surface area contributed by atoms with Crippen molar-refractivity contribution in [1.29, 1.82) is 0 Å². The molecule has 0 unspecified atom stereocenters. The molecule has 0 N–H and O–H groups in total. The SMILES string of the molecule is c1ccc2c(-n3c4ccccc4c4cc(-c5ccc(-c6ccc7c(c6)c6ccccc6n7-c6ccc7c8cccc9c%10ccccc%10n(c7c6)c98)cc5)ccc43)cccc2c1. The molecule has 0 amide bonds. The van der Waals surface area contributed by atoms with Crippen LogP contribution >= 0.6 is 0 Å². The van der Waals surface area contributed by atoms with Crippen LogP contribution in [0.15, 0.2) is 212 Å². The van der Waals surface area contributed by atoms with Gasteiger partial charge >= 0.3 is 0 Å².